The molecule has 2 N–H and O–H groups in total. The molecular formula is C16H25BrClN3. The zero-order valence-electron chi connectivity index (χ0n) is 12.9. The zero-order chi connectivity index (χ0) is 15.4. The lowest BCUT2D eigenvalue weighted by Crippen LogP contribution is -2.45. The normalized spacial score (nSPS) is 21.7. The van der Waals surface area contributed by atoms with Gasteiger partial charge in [0.15, 0.2) is 0 Å². The van der Waals surface area contributed by atoms with E-state index in [9.17, 15) is 0 Å². The van der Waals surface area contributed by atoms with Crippen molar-refractivity contribution >= 4 is 27.5 Å². The molecule has 1 aliphatic rings. The molecule has 2 unspecified atom stereocenters. The maximum absolute atomic E-state index is 6.32. The molecule has 3 nitrogen and oxygen atoms in total. The molecule has 0 saturated carbocycles. The highest BCUT2D eigenvalue weighted by Gasteiger charge is 2.21. The molecule has 1 saturated heterocycles. The second-order valence-corrected chi connectivity index (χ2v) is 7.44. The Morgan fingerprint density at radius 3 is 2.90 bits per heavy atom. The van der Waals surface area contributed by atoms with E-state index in [-0.39, 0.29) is 6.04 Å². The van der Waals surface area contributed by atoms with E-state index >= 15 is 0 Å². The first-order valence-electron chi connectivity index (χ1n) is 7.56. The number of nitrogens with two attached hydrogens (primary N) is 1. The molecular weight excluding hydrogens is 350 g/mol. The third kappa shape index (κ3) is 4.93. The summed E-state index contributed by atoms with van der Waals surface area (Å²) in [5.41, 5.74) is 7.36. The standard InChI is InChI=1S/C16H25BrClN3/c1-20(2)13-4-3-8-21(11-13)9-7-16(19)14-6-5-12(17)10-15(14)18/h5-6,10,13,16H,3-4,7-9,11,19H2,1-2H3. The smallest absolute Gasteiger partial charge is 0.0464 e. The fourth-order valence-electron chi connectivity index (χ4n) is 2.94. The van der Waals surface area contributed by atoms with Crippen molar-refractivity contribution in [1.82, 2.24) is 9.80 Å². The average molecular weight is 375 g/mol. The van der Waals surface area contributed by atoms with Crippen LogP contribution in [0.2, 0.25) is 5.02 Å². The molecule has 0 bridgehead atoms. The molecule has 1 fully saturated rings. The Kier molecular flexibility index (Phi) is 6.51. The molecule has 21 heavy (non-hydrogen) atoms. The summed E-state index contributed by atoms with van der Waals surface area (Å²) in [6.07, 6.45) is 3.52. The van der Waals surface area contributed by atoms with Crippen molar-refractivity contribution in [2.24, 2.45) is 5.73 Å². The van der Waals surface area contributed by atoms with Crippen LogP contribution in [-0.2, 0) is 0 Å². The summed E-state index contributed by atoms with van der Waals surface area (Å²) in [4.78, 5) is 4.86. The van der Waals surface area contributed by atoms with Gasteiger partial charge in [-0.1, -0.05) is 33.6 Å². The van der Waals surface area contributed by atoms with Crippen LogP contribution in [0.3, 0.4) is 0 Å². The fraction of sp³-hybridized carbons (Fsp3) is 0.625. The van der Waals surface area contributed by atoms with Gasteiger partial charge in [0, 0.05) is 34.7 Å². The van der Waals surface area contributed by atoms with Gasteiger partial charge in [-0.3, -0.25) is 0 Å². The predicted molar refractivity (Wildman–Crippen MR) is 93.8 cm³/mol. The number of rotatable bonds is 5. The highest BCUT2D eigenvalue weighted by atomic mass is 79.9. The monoisotopic (exact) mass is 373 g/mol. The van der Waals surface area contributed by atoms with Gasteiger partial charge in [0.2, 0.25) is 0 Å². The van der Waals surface area contributed by atoms with Gasteiger partial charge in [-0.15, -0.1) is 0 Å². The Labute approximate surface area is 141 Å². The first kappa shape index (κ1) is 17.2. The molecule has 5 heteroatoms. The summed E-state index contributed by atoms with van der Waals surface area (Å²) in [7, 11) is 4.34. The lowest BCUT2D eigenvalue weighted by molar-refractivity contribution is 0.130. The summed E-state index contributed by atoms with van der Waals surface area (Å²) in [6, 6.07) is 6.62. The van der Waals surface area contributed by atoms with Crippen LogP contribution in [0.5, 0.6) is 0 Å². The van der Waals surface area contributed by atoms with E-state index in [4.69, 9.17) is 17.3 Å². The molecule has 0 radical (unpaired) electrons. The zero-order valence-corrected chi connectivity index (χ0v) is 15.2. The number of likely N-dealkylation sites (N-methyl/N-ethyl adjacent to an activating group) is 1. The topological polar surface area (TPSA) is 32.5 Å². The number of halogens is 2. The molecule has 0 amide bonds. The molecule has 2 rings (SSSR count). The number of likely N-dealkylation sites (tertiary alicyclic amines) is 1. The number of benzene rings is 1. The molecule has 0 spiro atoms. The van der Waals surface area contributed by atoms with Crippen molar-refractivity contribution in [3.05, 3.63) is 33.3 Å². The van der Waals surface area contributed by atoms with Gasteiger partial charge in [0.05, 0.1) is 0 Å². The summed E-state index contributed by atoms with van der Waals surface area (Å²) >= 11 is 9.71. The minimum atomic E-state index is 0.00494. The summed E-state index contributed by atoms with van der Waals surface area (Å²) in [5, 5.41) is 0.752. The Morgan fingerprint density at radius 1 is 1.48 bits per heavy atom. The lowest BCUT2D eigenvalue weighted by Gasteiger charge is -2.36. The van der Waals surface area contributed by atoms with Crippen LogP contribution in [-0.4, -0.2) is 49.6 Å². The van der Waals surface area contributed by atoms with Crippen molar-refractivity contribution in [3.8, 4) is 0 Å². The third-order valence-corrected chi connectivity index (χ3v) is 5.15. The van der Waals surface area contributed by atoms with Crippen molar-refractivity contribution < 1.29 is 0 Å². The Bertz CT molecular complexity index is 467. The number of nitrogens with zero attached hydrogens (tertiary/aromatic N) is 2. The summed E-state index contributed by atoms with van der Waals surface area (Å²) in [5.74, 6) is 0. The van der Waals surface area contributed by atoms with E-state index in [1.807, 2.05) is 18.2 Å². The minimum Gasteiger partial charge on any atom is -0.324 e. The maximum Gasteiger partial charge on any atom is 0.0464 e. The van der Waals surface area contributed by atoms with Crippen molar-refractivity contribution in [2.75, 3.05) is 33.7 Å². The van der Waals surface area contributed by atoms with Gasteiger partial charge in [0.1, 0.15) is 0 Å². The maximum atomic E-state index is 6.32. The summed E-state index contributed by atoms with van der Waals surface area (Å²) in [6.45, 7) is 3.37. The van der Waals surface area contributed by atoms with Crippen LogP contribution in [0.4, 0.5) is 0 Å². The van der Waals surface area contributed by atoms with Crippen molar-refractivity contribution in [3.63, 3.8) is 0 Å². The Hall–Kier alpha value is -0.130. The van der Waals surface area contributed by atoms with Crippen LogP contribution >= 0.6 is 27.5 Å². The Morgan fingerprint density at radius 2 is 2.24 bits per heavy atom. The van der Waals surface area contributed by atoms with Crippen LogP contribution < -0.4 is 5.73 Å². The van der Waals surface area contributed by atoms with Crippen molar-refractivity contribution in [2.45, 2.75) is 31.3 Å². The molecule has 1 aliphatic heterocycles. The lowest BCUT2D eigenvalue weighted by atomic mass is 10.0. The van der Waals surface area contributed by atoms with Crippen LogP contribution in [0.25, 0.3) is 0 Å². The molecule has 1 aromatic rings. The molecule has 0 aromatic heterocycles. The molecule has 0 aliphatic carbocycles. The molecule has 118 valence electrons. The van der Waals surface area contributed by atoms with Gasteiger partial charge in [0.25, 0.3) is 0 Å². The van der Waals surface area contributed by atoms with E-state index in [1.165, 1.54) is 19.4 Å². The van der Waals surface area contributed by atoms with E-state index in [1.54, 1.807) is 0 Å². The quantitative estimate of drug-likeness (QED) is 0.856. The first-order valence-corrected chi connectivity index (χ1v) is 8.74. The van der Waals surface area contributed by atoms with E-state index < -0.39 is 0 Å². The number of hydrogen-bond donors (Lipinski definition) is 1. The average Bonchev–Trinajstić information content (AvgIpc) is 2.45. The fourth-order valence-corrected chi connectivity index (χ4v) is 3.75. The highest BCUT2D eigenvalue weighted by molar-refractivity contribution is 9.10. The van der Waals surface area contributed by atoms with Crippen molar-refractivity contribution in [1.29, 1.82) is 0 Å². The highest BCUT2D eigenvalue weighted by Crippen LogP contribution is 2.27. The number of hydrogen-bond acceptors (Lipinski definition) is 3. The largest absolute Gasteiger partial charge is 0.324 e. The minimum absolute atomic E-state index is 0.00494. The summed E-state index contributed by atoms with van der Waals surface area (Å²) < 4.78 is 0.994. The van der Waals surface area contributed by atoms with Gasteiger partial charge < -0.3 is 15.5 Å². The Balaban J connectivity index is 1.87. The van der Waals surface area contributed by atoms with Crippen LogP contribution in [0.1, 0.15) is 30.9 Å². The third-order valence-electron chi connectivity index (χ3n) is 4.33. The van der Waals surface area contributed by atoms with E-state index in [2.05, 4.69) is 39.8 Å². The predicted octanol–water partition coefficient (Wildman–Crippen LogP) is 3.52. The van der Waals surface area contributed by atoms with Gasteiger partial charge >= 0.3 is 0 Å². The number of piperidine rings is 1. The van der Waals surface area contributed by atoms with Gasteiger partial charge in [-0.05, 0) is 57.6 Å². The van der Waals surface area contributed by atoms with Gasteiger partial charge in [-0.25, -0.2) is 0 Å². The molecule has 2 atom stereocenters. The van der Waals surface area contributed by atoms with E-state index in [0.29, 0.717) is 6.04 Å². The molecule has 1 heterocycles. The second-order valence-electron chi connectivity index (χ2n) is 6.12. The van der Waals surface area contributed by atoms with Gasteiger partial charge in [-0.2, -0.15) is 0 Å². The van der Waals surface area contributed by atoms with Crippen LogP contribution in [0.15, 0.2) is 22.7 Å². The molecule has 1 aromatic carbocycles. The SMILES string of the molecule is CN(C)C1CCCN(CCC(N)c2ccc(Br)cc2Cl)C1. The van der Waals surface area contributed by atoms with Crippen LogP contribution in [0, 0.1) is 0 Å². The van der Waals surface area contributed by atoms with E-state index in [0.717, 1.165) is 34.6 Å². The second kappa shape index (κ2) is 7.93. The first-order chi connectivity index (χ1) is 9.97.